The second kappa shape index (κ2) is 7.60. The molecule has 0 saturated carbocycles. The van der Waals surface area contributed by atoms with E-state index in [1.165, 1.54) is 17.5 Å². The third kappa shape index (κ3) is 4.15. The van der Waals surface area contributed by atoms with Gasteiger partial charge >= 0.3 is 0 Å². The van der Waals surface area contributed by atoms with Crippen molar-refractivity contribution in [1.29, 1.82) is 0 Å². The standard InChI is InChI=1S/C22H21N3O2/c1-25-11-10-17-4-2-16(12-19(17)14-25)3-9-22(26)24-20-7-5-18(6-8-20)21-13-23-15-27-21/h2-9,12-13,15H,10-11,14H2,1H3,(H,24,26)/b9-3+. The lowest BCUT2D eigenvalue weighted by Crippen LogP contribution is -2.26. The number of rotatable bonds is 4. The molecule has 1 aromatic heterocycles. The van der Waals surface area contributed by atoms with E-state index >= 15 is 0 Å². The highest BCUT2D eigenvalue weighted by molar-refractivity contribution is 6.02. The highest BCUT2D eigenvalue weighted by Crippen LogP contribution is 2.21. The molecule has 5 heteroatoms. The molecule has 4 rings (SSSR count). The minimum atomic E-state index is -0.155. The maximum absolute atomic E-state index is 12.2. The number of aromatic nitrogens is 1. The molecular weight excluding hydrogens is 338 g/mol. The Hall–Kier alpha value is -3.18. The van der Waals surface area contributed by atoms with Crippen molar-refractivity contribution in [3.8, 4) is 11.3 Å². The van der Waals surface area contributed by atoms with Gasteiger partial charge in [-0.05, 0) is 60.5 Å². The number of nitrogens with zero attached hydrogens (tertiary/aromatic N) is 2. The fourth-order valence-corrected chi connectivity index (χ4v) is 3.25. The van der Waals surface area contributed by atoms with Crippen molar-refractivity contribution in [3.63, 3.8) is 0 Å². The van der Waals surface area contributed by atoms with Crippen molar-refractivity contribution in [1.82, 2.24) is 9.88 Å². The number of carbonyl (C=O) groups excluding carboxylic acids is 1. The lowest BCUT2D eigenvalue weighted by atomic mass is 9.97. The van der Waals surface area contributed by atoms with Gasteiger partial charge in [-0.1, -0.05) is 18.2 Å². The molecule has 1 N–H and O–H groups in total. The smallest absolute Gasteiger partial charge is 0.248 e. The first-order valence-corrected chi connectivity index (χ1v) is 8.96. The second-order valence-electron chi connectivity index (χ2n) is 6.78. The van der Waals surface area contributed by atoms with Crippen molar-refractivity contribution >= 4 is 17.7 Å². The summed E-state index contributed by atoms with van der Waals surface area (Å²) in [5.41, 5.74) is 5.44. The van der Waals surface area contributed by atoms with Gasteiger partial charge < -0.3 is 14.6 Å². The van der Waals surface area contributed by atoms with E-state index in [4.69, 9.17) is 4.42 Å². The number of nitrogens with one attached hydrogen (secondary N) is 1. The molecule has 0 unspecified atom stereocenters. The molecule has 27 heavy (non-hydrogen) atoms. The van der Waals surface area contributed by atoms with Crippen LogP contribution in [0.15, 0.2) is 65.5 Å². The first-order valence-electron chi connectivity index (χ1n) is 8.96. The lowest BCUT2D eigenvalue weighted by Gasteiger charge is -2.25. The number of oxazole rings is 1. The number of benzene rings is 2. The SMILES string of the molecule is CN1CCc2ccc(/C=C/C(=O)Nc3ccc(-c4cnco4)cc3)cc2C1. The fraction of sp³-hybridized carbons (Fsp3) is 0.182. The molecule has 0 bridgehead atoms. The largest absolute Gasteiger partial charge is 0.444 e. The van der Waals surface area contributed by atoms with Crippen LogP contribution in [0, 0.1) is 0 Å². The first-order chi connectivity index (χ1) is 13.2. The van der Waals surface area contributed by atoms with E-state index in [2.05, 4.69) is 40.4 Å². The Morgan fingerprint density at radius 2 is 2.04 bits per heavy atom. The van der Waals surface area contributed by atoms with Gasteiger partial charge in [0.15, 0.2) is 12.2 Å². The Kier molecular flexibility index (Phi) is 4.85. The zero-order valence-electron chi connectivity index (χ0n) is 15.2. The predicted octanol–water partition coefficient (Wildman–Crippen LogP) is 3.98. The zero-order valence-corrected chi connectivity index (χ0v) is 15.2. The number of anilines is 1. The summed E-state index contributed by atoms with van der Waals surface area (Å²) in [7, 11) is 2.13. The summed E-state index contributed by atoms with van der Waals surface area (Å²) in [6.07, 6.45) is 7.56. The van der Waals surface area contributed by atoms with Gasteiger partial charge in [-0.3, -0.25) is 4.79 Å². The Balaban J connectivity index is 1.40. The van der Waals surface area contributed by atoms with Gasteiger partial charge in [0.25, 0.3) is 0 Å². The van der Waals surface area contributed by atoms with Gasteiger partial charge in [0.05, 0.1) is 6.20 Å². The molecule has 0 spiro atoms. The van der Waals surface area contributed by atoms with Gasteiger partial charge in [0, 0.05) is 30.4 Å². The van der Waals surface area contributed by atoms with E-state index in [0.29, 0.717) is 5.76 Å². The van der Waals surface area contributed by atoms with Crippen LogP contribution >= 0.6 is 0 Å². The average molecular weight is 359 g/mol. The number of fused-ring (bicyclic) bond motifs is 1. The van der Waals surface area contributed by atoms with E-state index in [0.717, 1.165) is 36.3 Å². The van der Waals surface area contributed by atoms with Crippen LogP contribution in [0.25, 0.3) is 17.4 Å². The summed E-state index contributed by atoms with van der Waals surface area (Å²) in [6, 6.07) is 13.9. The van der Waals surface area contributed by atoms with Crippen LogP contribution in [0.5, 0.6) is 0 Å². The van der Waals surface area contributed by atoms with Crippen molar-refractivity contribution in [2.45, 2.75) is 13.0 Å². The van der Waals surface area contributed by atoms with Gasteiger partial charge in [0.2, 0.25) is 5.91 Å². The van der Waals surface area contributed by atoms with Crippen LogP contribution in [-0.4, -0.2) is 29.4 Å². The molecule has 5 nitrogen and oxygen atoms in total. The summed E-state index contributed by atoms with van der Waals surface area (Å²) < 4.78 is 5.26. The third-order valence-electron chi connectivity index (χ3n) is 4.73. The predicted molar refractivity (Wildman–Crippen MR) is 106 cm³/mol. The molecule has 0 fully saturated rings. The summed E-state index contributed by atoms with van der Waals surface area (Å²) in [5, 5.41) is 2.87. The number of amides is 1. The van der Waals surface area contributed by atoms with Crippen molar-refractivity contribution in [3.05, 3.63) is 77.8 Å². The normalized spacial score (nSPS) is 14.3. The third-order valence-corrected chi connectivity index (χ3v) is 4.73. The van der Waals surface area contributed by atoms with Crippen molar-refractivity contribution in [2.24, 2.45) is 0 Å². The Labute approximate surface area is 158 Å². The fourth-order valence-electron chi connectivity index (χ4n) is 3.25. The van der Waals surface area contributed by atoms with Crippen LogP contribution in [0.4, 0.5) is 5.69 Å². The Morgan fingerprint density at radius 3 is 2.81 bits per heavy atom. The molecule has 0 aliphatic carbocycles. The lowest BCUT2D eigenvalue weighted by molar-refractivity contribution is -0.111. The summed E-state index contributed by atoms with van der Waals surface area (Å²) in [4.78, 5) is 18.4. The van der Waals surface area contributed by atoms with E-state index in [1.807, 2.05) is 30.3 Å². The first kappa shape index (κ1) is 17.2. The molecule has 3 aromatic rings. The minimum Gasteiger partial charge on any atom is -0.444 e. The number of hydrogen-bond donors (Lipinski definition) is 1. The topological polar surface area (TPSA) is 58.4 Å². The average Bonchev–Trinajstić information content (AvgIpc) is 3.21. The quantitative estimate of drug-likeness (QED) is 0.716. The number of carbonyl (C=O) groups is 1. The monoisotopic (exact) mass is 359 g/mol. The van der Waals surface area contributed by atoms with Gasteiger partial charge in [0.1, 0.15) is 0 Å². The van der Waals surface area contributed by atoms with E-state index in [9.17, 15) is 4.79 Å². The van der Waals surface area contributed by atoms with Crippen LogP contribution in [-0.2, 0) is 17.8 Å². The van der Waals surface area contributed by atoms with E-state index in [-0.39, 0.29) is 5.91 Å². The van der Waals surface area contributed by atoms with Crippen molar-refractivity contribution < 1.29 is 9.21 Å². The van der Waals surface area contributed by atoms with Gasteiger partial charge in [-0.25, -0.2) is 4.98 Å². The van der Waals surface area contributed by atoms with Gasteiger partial charge in [-0.15, -0.1) is 0 Å². The van der Waals surface area contributed by atoms with Crippen LogP contribution in [0.2, 0.25) is 0 Å². The number of likely N-dealkylation sites (N-methyl/N-ethyl adjacent to an activating group) is 1. The summed E-state index contributed by atoms with van der Waals surface area (Å²) >= 11 is 0. The molecule has 0 radical (unpaired) electrons. The Morgan fingerprint density at radius 1 is 1.19 bits per heavy atom. The minimum absolute atomic E-state index is 0.155. The second-order valence-corrected chi connectivity index (χ2v) is 6.78. The molecule has 0 atom stereocenters. The highest BCUT2D eigenvalue weighted by Gasteiger charge is 2.12. The van der Waals surface area contributed by atoms with E-state index < -0.39 is 0 Å². The molecule has 2 heterocycles. The zero-order chi connectivity index (χ0) is 18.6. The molecular formula is C22H21N3O2. The maximum atomic E-state index is 12.2. The number of hydrogen-bond acceptors (Lipinski definition) is 4. The van der Waals surface area contributed by atoms with Crippen molar-refractivity contribution in [2.75, 3.05) is 18.9 Å². The summed E-state index contributed by atoms with van der Waals surface area (Å²) in [5.74, 6) is 0.545. The molecule has 1 aliphatic heterocycles. The maximum Gasteiger partial charge on any atom is 0.248 e. The van der Waals surface area contributed by atoms with Crippen LogP contribution < -0.4 is 5.32 Å². The molecule has 0 saturated heterocycles. The highest BCUT2D eigenvalue weighted by atomic mass is 16.3. The molecule has 1 amide bonds. The Bertz CT molecular complexity index is 960. The molecule has 136 valence electrons. The van der Waals surface area contributed by atoms with Crippen LogP contribution in [0.1, 0.15) is 16.7 Å². The molecule has 2 aromatic carbocycles. The van der Waals surface area contributed by atoms with Crippen LogP contribution in [0.3, 0.4) is 0 Å². The van der Waals surface area contributed by atoms with E-state index in [1.54, 1.807) is 12.3 Å². The van der Waals surface area contributed by atoms with Gasteiger partial charge in [-0.2, -0.15) is 0 Å². The summed E-state index contributed by atoms with van der Waals surface area (Å²) in [6.45, 7) is 2.06. The molecule has 1 aliphatic rings.